The van der Waals surface area contributed by atoms with Crippen LogP contribution in [0.25, 0.3) is 0 Å². The largest absolute Gasteiger partial charge is 0.507 e. The predicted molar refractivity (Wildman–Crippen MR) is 74.3 cm³/mol. The first-order valence-corrected chi connectivity index (χ1v) is 6.30. The fraction of sp³-hybridized carbons (Fsp3) is 0. The number of carboxylic acid groups (broad SMARTS) is 1. The minimum absolute atomic E-state index is 0.0174. The van der Waals surface area contributed by atoms with Crippen LogP contribution in [0.5, 0.6) is 11.5 Å². The Morgan fingerprint density at radius 3 is 2.10 bits per heavy atom. The van der Waals surface area contributed by atoms with E-state index < -0.39 is 17.5 Å². The van der Waals surface area contributed by atoms with Gasteiger partial charge in [0.15, 0.2) is 5.78 Å². The van der Waals surface area contributed by atoms with Crippen LogP contribution < -0.4 is 0 Å². The lowest BCUT2D eigenvalue weighted by molar-refractivity contribution is 0.0692. The number of carbonyl (C=O) groups excluding carboxylic acids is 1. The molecule has 0 aliphatic rings. The number of carboxylic acids is 1. The smallest absolute Gasteiger partial charge is 0.336 e. The molecule has 2 aromatic carbocycles. The highest BCUT2D eigenvalue weighted by Gasteiger charge is 2.21. The van der Waals surface area contributed by atoms with Crippen molar-refractivity contribution in [1.82, 2.24) is 0 Å². The van der Waals surface area contributed by atoms with Crippen LogP contribution in [0, 0.1) is 0 Å². The molecule has 0 bridgehead atoms. The molecule has 6 heteroatoms. The molecule has 0 aromatic heterocycles. The second-order valence-electron chi connectivity index (χ2n) is 3.97. The molecule has 0 saturated carbocycles. The molecule has 20 heavy (non-hydrogen) atoms. The normalized spacial score (nSPS) is 10.2. The second kappa shape index (κ2) is 5.34. The summed E-state index contributed by atoms with van der Waals surface area (Å²) in [4.78, 5) is 23.4. The molecular weight excluding hydrogens is 328 g/mol. The molecule has 2 aromatic rings. The quantitative estimate of drug-likeness (QED) is 0.749. The Balaban J connectivity index is 2.58. The lowest BCUT2D eigenvalue weighted by Crippen LogP contribution is -2.09. The highest BCUT2D eigenvalue weighted by Crippen LogP contribution is 2.36. The van der Waals surface area contributed by atoms with Gasteiger partial charge in [0.25, 0.3) is 0 Å². The van der Waals surface area contributed by atoms with Gasteiger partial charge in [0, 0.05) is 5.56 Å². The highest BCUT2D eigenvalue weighted by molar-refractivity contribution is 9.10. The van der Waals surface area contributed by atoms with E-state index in [9.17, 15) is 19.8 Å². The van der Waals surface area contributed by atoms with E-state index in [1.807, 2.05) is 0 Å². The molecule has 0 amide bonds. The minimum Gasteiger partial charge on any atom is -0.507 e. The van der Waals surface area contributed by atoms with Crippen LogP contribution in [0.4, 0.5) is 0 Å². The number of ketones is 1. The number of hydrogen-bond acceptors (Lipinski definition) is 4. The standard InChI is InChI=1S/C14H9BrO5/c15-11-10(16)6-5-9(13(11)18)12(17)7-3-1-2-4-8(7)14(19)20/h1-6,16,18H,(H,19,20). The zero-order valence-electron chi connectivity index (χ0n) is 10.0. The third-order valence-electron chi connectivity index (χ3n) is 2.74. The summed E-state index contributed by atoms with van der Waals surface area (Å²) in [6.07, 6.45) is 0. The average molecular weight is 337 g/mol. The van der Waals surface area contributed by atoms with Crippen LogP contribution in [-0.4, -0.2) is 27.1 Å². The van der Waals surface area contributed by atoms with Crippen molar-refractivity contribution in [2.75, 3.05) is 0 Å². The number of benzene rings is 2. The van der Waals surface area contributed by atoms with E-state index in [0.717, 1.165) is 0 Å². The summed E-state index contributed by atoms with van der Waals surface area (Å²) in [5, 5.41) is 28.3. The van der Waals surface area contributed by atoms with Gasteiger partial charge in [-0.25, -0.2) is 4.79 Å². The zero-order chi connectivity index (χ0) is 14.9. The number of phenolic OH excluding ortho intramolecular Hbond substituents is 2. The molecule has 5 nitrogen and oxygen atoms in total. The van der Waals surface area contributed by atoms with Gasteiger partial charge in [0.2, 0.25) is 0 Å². The Hall–Kier alpha value is -2.34. The molecule has 0 unspecified atom stereocenters. The van der Waals surface area contributed by atoms with Crippen molar-refractivity contribution in [2.45, 2.75) is 0 Å². The Morgan fingerprint density at radius 1 is 0.900 bits per heavy atom. The van der Waals surface area contributed by atoms with E-state index in [0.29, 0.717) is 0 Å². The maximum absolute atomic E-state index is 12.3. The van der Waals surface area contributed by atoms with Crippen LogP contribution in [0.2, 0.25) is 0 Å². The van der Waals surface area contributed by atoms with Crippen molar-refractivity contribution < 1.29 is 24.9 Å². The SMILES string of the molecule is O=C(O)c1ccccc1C(=O)c1ccc(O)c(Br)c1O. The van der Waals surface area contributed by atoms with Gasteiger partial charge in [-0.1, -0.05) is 18.2 Å². The molecule has 0 atom stereocenters. The number of aromatic hydroxyl groups is 2. The minimum atomic E-state index is -1.23. The Labute approximate surface area is 122 Å². The molecule has 0 radical (unpaired) electrons. The van der Waals surface area contributed by atoms with E-state index in [1.165, 1.54) is 36.4 Å². The lowest BCUT2D eigenvalue weighted by atomic mass is 9.97. The number of rotatable bonds is 3. The number of halogens is 1. The third-order valence-corrected chi connectivity index (χ3v) is 3.52. The topological polar surface area (TPSA) is 94.8 Å². The Bertz CT molecular complexity index is 709. The molecule has 3 N–H and O–H groups in total. The van der Waals surface area contributed by atoms with Crippen molar-refractivity contribution in [3.05, 3.63) is 57.6 Å². The summed E-state index contributed by atoms with van der Waals surface area (Å²) in [6, 6.07) is 8.18. The van der Waals surface area contributed by atoms with Crippen molar-refractivity contribution in [3.63, 3.8) is 0 Å². The zero-order valence-corrected chi connectivity index (χ0v) is 11.6. The van der Waals surface area contributed by atoms with Crippen LogP contribution in [0.15, 0.2) is 40.9 Å². The average Bonchev–Trinajstić information content (AvgIpc) is 2.44. The second-order valence-corrected chi connectivity index (χ2v) is 4.77. The summed E-state index contributed by atoms with van der Waals surface area (Å²) < 4.78 is -0.0174. The summed E-state index contributed by atoms with van der Waals surface area (Å²) >= 11 is 2.95. The number of phenols is 2. The van der Waals surface area contributed by atoms with Crippen LogP contribution in [0.3, 0.4) is 0 Å². The van der Waals surface area contributed by atoms with E-state index in [2.05, 4.69) is 15.9 Å². The number of carbonyl (C=O) groups is 2. The lowest BCUT2D eigenvalue weighted by Gasteiger charge is -2.08. The van der Waals surface area contributed by atoms with Gasteiger partial charge >= 0.3 is 5.97 Å². The first kappa shape index (κ1) is 14.1. The van der Waals surface area contributed by atoms with Crippen molar-refractivity contribution in [1.29, 1.82) is 0 Å². The molecule has 0 saturated heterocycles. The van der Waals surface area contributed by atoms with Crippen molar-refractivity contribution in [2.24, 2.45) is 0 Å². The van der Waals surface area contributed by atoms with E-state index in [1.54, 1.807) is 0 Å². The Morgan fingerprint density at radius 2 is 1.50 bits per heavy atom. The van der Waals surface area contributed by atoms with Gasteiger partial charge in [-0.2, -0.15) is 0 Å². The molecule has 2 rings (SSSR count). The summed E-state index contributed by atoms with van der Waals surface area (Å²) in [5.74, 6) is -2.52. The summed E-state index contributed by atoms with van der Waals surface area (Å²) in [5.41, 5.74) is -0.280. The van der Waals surface area contributed by atoms with Gasteiger partial charge in [-0.05, 0) is 34.1 Å². The van der Waals surface area contributed by atoms with Crippen LogP contribution in [0.1, 0.15) is 26.3 Å². The molecule has 0 spiro atoms. The Kier molecular flexibility index (Phi) is 3.76. The first-order chi connectivity index (χ1) is 9.43. The highest BCUT2D eigenvalue weighted by atomic mass is 79.9. The molecule has 102 valence electrons. The van der Waals surface area contributed by atoms with Gasteiger partial charge in [0.1, 0.15) is 16.0 Å². The summed E-state index contributed by atoms with van der Waals surface area (Å²) in [6.45, 7) is 0. The monoisotopic (exact) mass is 336 g/mol. The molecule has 0 heterocycles. The molecule has 0 fully saturated rings. The maximum atomic E-state index is 12.3. The number of aromatic carboxylic acids is 1. The van der Waals surface area contributed by atoms with E-state index in [4.69, 9.17) is 5.11 Å². The fourth-order valence-corrected chi connectivity index (χ4v) is 2.10. The van der Waals surface area contributed by atoms with Crippen LogP contribution in [-0.2, 0) is 0 Å². The predicted octanol–water partition coefficient (Wildman–Crippen LogP) is 2.79. The van der Waals surface area contributed by atoms with Gasteiger partial charge < -0.3 is 15.3 Å². The molecule has 0 aliphatic carbocycles. The molecular formula is C14H9BrO5. The first-order valence-electron chi connectivity index (χ1n) is 5.51. The number of hydrogen-bond donors (Lipinski definition) is 3. The summed E-state index contributed by atoms with van der Waals surface area (Å²) in [7, 11) is 0. The maximum Gasteiger partial charge on any atom is 0.336 e. The van der Waals surface area contributed by atoms with E-state index in [-0.39, 0.29) is 26.9 Å². The van der Waals surface area contributed by atoms with Crippen LogP contribution >= 0.6 is 15.9 Å². The van der Waals surface area contributed by atoms with E-state index >= 15 is 0 Å². The van der Waals surface area contributed by atoms with Crippen molar-refractivity contribution in [3.8, 4) is 11.5 Å². The van der Waals surface area contributed by atoms with Crippen molar-refractivity contribution >= 4 is 27.7 Å². The van der Waals surface area contributed by atoms with Gasteiger partial charge in [0.05, 0.1) is 11.1 Å². The third kappa shape index (κ3) is 2.37. The fourth-order valence-electron chi connectivity index (χ4n) is 1.75. The van der Waals surface area contributed by atoms with Gasteiger partial charge in [-0.3, -0.25) is 4.79 Å². The molecule has 0 aliphatic heterocycles. The van der Waals surface area contributed by atoms with Gasteiger partial charge in [-0.15, -0.1) is 0 Å².